The Balaban J connectivity index is 2.27. The second-order valence-corrected chi connectivity index (χ2v) is 4.98. The molecule has 0 unspecified atom stereocenters. The molecule has 0 bridgehead atoms. The summed E-state index contributed by atoms with van der Waals surface area (Å²) >= 11 is 0. The molecule has 1 aromatic rings. The van der Waals surface area contributed by atoms with E-state index in [-0.39, 0.29) is 5.75 Å². The molecule has 88 valence electrons. The van der Waals surface area contributed by atoms with Gasteiger partial charge in [0.1, 0.15) is 17.0 Å². The average molecular weight is 223 g/mol. The summed E-state index contributed by atoms with van der Waals surface area (Å²) in [6, 6.07) is 6.76. The van der Waals surface area contributed by atoms with Crippen LogP contribution >= 0.6 is 0 Å². The van der Waals surface area contributed by atoms with Gasteiger partial charge in [0.2, 0.25) is 0 Å². The van der Waals surface area contributed by atoms with Crippen molar-refractivity contribution in [2.24, 2.45) is 0 Å². The summed E-state index contributed by atoms with van der Waals surface area (Å²) in [6.45, 7) is 7.87. The largest absolute Gasteiger partial charge is 0.508 e. The zero-order valence-corrected chi connectivity index (χ0v) is 10.0. The third-order valence-electron chi connectivity index (χ3n) is 3.11. The lowest BCUT2D eigenvalue weighted by atomic mass is 9.90. The van der Waals surface area contributed by atoms with Crippen LogP contribution < -0.4 is 5.23 Å². The Bertz CT molecular complexity index is 385. The molecule has 0 atom stereocenters. The molecule has 16 heavy (non-hydrogen) atoms. The molecule has 4 heteroatoms. The van der Waals surface area contributed by atoms with Gasteiger partial charge in [-0.3, -0.25) is 0 Å². The summed E-state index contributed by atoms with van der Waals surface area (Å²) in [5.41, 5.74) is -0.157. The van der Waals surface area contributed by atoms with Crippen molar-refractivity contribution in [3.63, 3.8) is 0 Å². The van der Waals surface area contributed by atoms with Crippen LogP contribution in [0.4, 0.5) is 5.69 Å². The minimum absolute atomic E-state index is 0.187. The lowest BCUT2D eigenvalue weighted by Crippen LogP contribution is -2.41. The molecule has 1 aromatic carbocycles. The quantitative estimate of drug-likeness (QED) is 0.794. The molecule has 0 radical (unpaired) electrons. The van der Waals surface area contributed by atoms with Gasteiger partial charge in [0, 0.05) is 6.07 Å². The minimum Gasteiger partial charge on any atom is -0.508 e. The molecular weight excluding hydrogens is 206 g/mol. The first-order valence-electron chi connectivity index (χ1n) is 5.29. The number of rotatable bonds is 1. The Hall–Kier alpha value is -1.26. The zero-order chi connectivity index (χ0) is 12.0. The summed E-state index contributed by atoms with van der Waals surface area (Å²) in [7, 11) is 0. The Morgan fingerprint density at radius 2 is 1.62 bits per heavy atom. The highest BCUT2D eigenvalue weighted by Crippen LogP contribution is 2.40. The van der Waals surface area contributed by atoms with Crippen LogP contribution in [0.5, 0.6) is 5.75 Å². The van der Waals surface area contributed by atoms with Gasteiger partial charge in [-0.2, -0.15) is 0 Å². The van der Waals surface area contributed by atoms with Crippen molar-refractivity contribution in [2.45, 2.75) is 38.9 Å². The molecular formula is C12H17NO3. The van der Waals surface area contributed by atoms with Crippen molar-refractivity contribution in [1.29, 1.82) is 0 Å². The number of hydrogen-bond acceptors (Lipinski definition) is 4. The molecule has 1 aliphatic rings. The number of aromatic hydroxyl groups is 1. The predicted molar refractivity (Wildman–Crippen MR) is 60.9 cm³/mol. The SMILES string of the molecule is CC1(C)ON(c2cccc(O)c2)OC1(C)C. The van der Waals surface area contributed by atoms with Gasteiger partial charge in [-0.1, -0.05) is 6.07 Å². The maximum absolute atomic E-state index is 9.40. The first-order valence-corrected chi connectivity index (χ1v) is 5.29. The summed E-state index contributed by atoms with van der Waals surface area (Å²) in [6.07, 6.45) is 0. The normalized spacial score (nSPS) is 22.4. The van der Waals surface area contributed by atoms with Gasteiger partial charge in [0.25, 0.3) is 0 Å². The van der Waals surface area contributed by atoms with Crippen molar-refractivity contribution in [2.75, 3.05) is 5.23 Å². The Kier molecular flexibility index (Phi) is 2.36. The average Bonchev–Trinajstić information content (AvgIpc) is 2.36. The van der Waals surface area contributed by atoms with E-state index < -0.39 is 11.2 Å². The van der Waals surface area contributed by atoms with Gasteiger partial charge in [0.15, 0.2) is 0 Å². The van der Waals surface area contributed by atoms with Crippen LogP contribution in [0.1, 0.15) is 27.7 Å². The second kappa shape index (κ2) is 3.37. The highest BCUT2D eigenvalue weighted by molar-refractivity contribution is 5.47. The molecule has 4 nitrogen and oxygen atoms in total. The number of nitrogens with zero attached hydrogens (tertiary/aromatic N) is 1. The first-order chi connectivity index (χ1) is 7.32. The van der Waals surface area contributed by atoms with E-state index in [2.05, 4.69) is 0 Å². The molecule has 1 heterocycles. The van der Waals surface area contributed by atoms with E-state index in [1.54, 1.807) is 18.2 Å². The topological polar surface area (TPSA) is 41.9 Å². The lowest BCUT2D eigenvalue weighted by molar-refractivity contribution is -0.0273. The van der Waals surface area contributed by atoms with Crippen LogP contribution in [0.25, 0.3) is 0 Å². The van der Waals surface area contributed by atoms with Crippen molar-refractivity contribution in [3.8, 4) is 5.75 Å². The van der Waals surface area contributed by atoms with Crippen LogP contribution in [0.3, 0.4) is 0 Å². The van der Waals surface area contributed by atoms with E-state index in [9.17, 15) is 5.11 Å². The molecule has 1 saturated heterocycles. The number of anilines is 1. The molecule has 0 saturated carbocycles. The van der Waals surface area contributed by atoms with Crippen LogP contribution in [0.15, 0.2) is 24.3 Å². The van der Waals surface area contributed by atoms with Gasteiger partial charge in [-0.25, -0.2) is 9.68 Å². The van der Waals surface area contributed by atoms with Gasteiger partial charge in [-0.15, -0.1) is 5.23 Å². The van der Waals surface area contributed by atoms with Crippen molar-refractivity contribution >= 4 is 5.69 Å². The van der Waals surface area contributed by atoms with E-state index in [4.69, 9.17) is 9.68 Å². The fraction of sp³-hybridized carbons (Fsp3) is 0.500. The first kappa shape index (κ1) is 11.2. The highest BCUT2D eigenvalue weighted by Gasteiger charge is 2.50. The Labute approximate surface area is 95.3 Å². The zero-order valence-electron chi connectivity index (χ0n) is 10.0. The molecule has 0 spiro atoms. The van der Waals surface area contributed by atoms with E-state index in [1.807, 2.05) is 33.8 Å². The van der Waals surface area contributed by atoms with Crippen molar-refractivity contribution in [3.05, 3.63) is 24.3 Å². The lowest BCUT2D eigenvalue weighted by Gasteiger charge is -2.26. The molecule has 2 rings (SSSR count). The predicted octanol–water partition coefficient (Wildman–Crippen LogP) is 2.63. The highest BCUT2D eigenvalue weighted by atomic mass is 17.0. The summed E-state index contributed by atoms with van der Waals surface area (Å²) in [4.78, 5) is 11.4. The Morgan fingerprint density at radius 1 is 1.06 bits per heavy atom. The van der Waals surface area contributed by atoms with Gasteiger partial charge < -0.3 is 5.11 Å². The van der Waals surface area contributed by atoms with Gasteiger partial charge in [-0.05, 0) is 39.8 Å². The third kappa shape index (κ3) is 1.74. The molecule has 0 aromatic heterocycles. The third-order valence-corrected chi connectivity index (χ3v) is 3.11. The van der Waals surface area contributed by atoms with Gasteiger partial charge in [0.05, 0.1) is 5.69 Å². The van der Waals surface area contributed by atoms with Crippen LogP contribution in [0.2, 0.25) is 0 Å². The van der Waals surface area contributed by atoms with Gasteiger partial charge >= 0.3 is 0 Å². The Morgan fingerprint density at radius 3 is 2.12 bits per heavy atom. The fourth-order valence-corrected chi connectivity index (χ4v) is 1.37. The fourth-order valence-electron chi connectivity index (χ4n) is 1.37. The van der Waals surface area contributed by atoms with E-state index in [0.29, 0.717) is 5.69 Å². The van der Waals surface area contributed by atoms with E-state index in [0.717, 1.165) is 0 Å². The van der Waals surface area contributed by atoms with E-state index >= 15 is 0 Å². The van der Waals surface area contributed by atoms with Crippen LogP contribution in [0, 0.1) is 0 Å². The van der Waals surface area contributed by atoms with Crippen molar-refractivity contribution < 1.29 is 14.8 Å². The second-order valence-electron chi connectivity index (χ2n) is 4.98. The summed E-state index contributed by atoms with van der Waals surface area (Å²) in [5, 5.41) is 10.8. The van der Waals surface area contributed by atoms with E-state index in [1.165, 1.54) is 5.23 Å². The molecule has 1 fully saturated rings. The maximum Gasteiger partial charge on any atom is 0.124 e. The molecule has 0 amide bonds. The smallest absolute Gasteiger partial charge is 0.124 e. The number of phenols is 1. The molecule has 1 N–H and O–H groups in total. The number of benzene rings is 1. The van der Waals surface area contributed by atoms with Crippen molar-refractivity contribution in [1.82, 2.24) is 0 Å². The van der Waals surface area contributed by atoms with Crippen LogP contribution in [-0.2, 0) is 9.68 Å². The summed E-state index contributed by atoms with van der Waals surface area (Å²) in [5.74, 6) is 0.187. The standard InChI is InChI=1S/C12H17NO3/c1-11(2)12(3,4)16-13(15-11)9-6-5-7-10(14)8-9/h5-8,14H,1-4H3. The number of hydrogen-bond donors (Lipinski definition) is 1. The maximum atomic E-state index is 9.40. The molecule has 0 aliphatic carbocycles. The van der Waals surface area contributed by atoms with Crippen LogP contribution in [-0.4, -0.2) is 16.3 Å². The monoisotopic (exact) mass is 223 g/mol. The minimum atomic E-state index is -0.418. The summed E-state index contributed by atoms with van der Waals surface area (Å²) < 4.78 is 0. The number of phenolic OH excluding ortho intramolecular Hbond substituents is 1. The molecule has 1 aliphatic heterocycles.